The molecule has 0 bridgehead atoms. The molecule has 48 heavy (non-hydrogen) atoms. The van der Waals surface area contributed by atoms with Crippen molar-refractivity contribution in [1.29, 1.82) is 0 Å². The molecule has 18 nitrogen and oxygen atoms in total. The molecule has 4 rings (SSSR count). The standard InChI is InChI=1S/C25H29F3N8O10S2/c1-24(2)17(21(38)36(24)46-48(41,42)43)34-20(37)16(15-18(25(26,27)28)47-23(30)33-15)35-45-14(22(39)40)10-44-13-5-3-11(4-6-13)19(29)32-12-7-8-31-9-12/h3-6,12,14,17,31H,7-10H2,1-2H3,(H2,29,32)(H2,30,33)(H,34,37)(H,39,40)(H,41,42,43)/b35-16-/t12-,14?,17+/m0/s1. The fourth-order valence-electron chi connectivity index (χ4n) is 4.48. The molecule has 1 unspecified atom stereocenters. The van der Waals surface area contributed by atoms with Crippen LogP contribution in [0.15, 0.2) is 34.4 Å². The summed E-state index contributed by atoms with van der Waals surface area (Å²) in [5.74, 6) is -3.98. The molecule has 262 valence electrons. The van der Waals surface area contributed by atoms with E-state index >= 15 is 0 Å². The topological polar surface area (TPSA) is 270 Å². The lowest BCUT2D eigenvalue weighted by Crippen LogP contribution is -2.76. The van der Waals surface area contributed by atoms with Crippen LogP contribution in [0.5, 0.6) is 5.75 Å². The van der Waals surface area contributed by atoms with Crippen molar-refractivity contribution in [2.45, 2.75) is 50.2 Å². The lowest BCUT2D eigenvalue weighted by Gasteiger charge is -2.50. The number of carbonyl (C=O) groups excluding carboxylic acids is 2. The summed E-state index contributed by atoms with van der Waals surface area (Å²) in [6.45, 7) is 3.16. The molecular weight excluding hydrogens is 693 g/mol. The van der Waals surface area contributed by atoms with E-state index < -0.39 is 80.1 Å². The smallest absolute Gasteiger partial charge is 0.427 e. The molecule has 0 aliphatic carbocycles. The highest BCUT2D eigenvalue weighted by atomic mass is 32.3. The number of nitrogens with one attached hydrogen (secondary N) is 2. The molecule has 3 atom stereocenters. The van der Waals surface area contributed by atoms with Crippen LogP contribution in [0.25, 0.3) is 0 Å². The van der Waals surface area contributed by atoms with E-state index in [1.165, 1.54) is 26.0 Å². The number of ether oxygens (including phenoxy) is 1. The number of benzene rings is 1. The van der Waals surface area contributed by atoms with Crippen molar-refractivity contribution in [1.82, 2.24) is 20.7 Å². The Morgan fingerprint density at radius 2 is 1.96 bits per heavy atom. The van der Waals surface area contributed by atoms with E-state index in [1.807, 2.05) is 0 Å². The minimum atomic E-state index is -5.16. The predicted molar refractivity (Wildman–Crippen MR) is 160 cm³/mol. The van der Waals surface area contributed by atoms with Crippen molar-refractivity contribution in [2.75, 3.05) is 25.4 Å². The van der Waals surface area contributed by atoms with E-state index in [0.29, 0.717) is 12.1 Å². The van der Waals surface area contributed by atoms with Gasteiger partial charge in [0, 0.05) is 12.1 Å². The van der Waals surface area contributed by atoms with Gasteiger partial charge in [0.05, 0.1) is 11.6 Å². The van der Waals surface area contributed by atoms with Crippen LogP contribution in [0, 0.1) is 0 Å². The zero-order chi connectivity index (χ0) is 35.6. The number of amidine groups is 1. The number of hydroxylamine groups is 2. The van der Waals surface area contributed by atoms with E-state index in [1.54, 1.807) is 12.1 Å². The third kappa shape index (κ3) is 8.46. The zero-order valence-corrected chi connectivity index (χ0v) is 26.6. The number of amides is 2. The lowest BCUT2D eigenvalue weighted by atomic mass is 9.84. The number of β-lactam (4-membered cyclic amide) rings is 1. The maximum atomic E-state index is 13.8. The van der Waals surface area contributed by atoms with E-state index in [0.717, 1.165) is 13.0 Å². The second-order valence-electron chi connectivity index (χ2n) is 10.8. The Morgan fingerprint density at radius 3 is 2.50 bits per heavy atom. The average Bonchev–Trinajstić information content (AvgIpc) is 3.65. The highest BCUT2D eigenvalue weighted by Crippen LogP contribution is 2.38. The van der Waals surface area contributed by atoms with Crippen molar-refractivity contribution in [2.24, 2.45) is 15.9 Å². The Balaban J connectivity index is 1.54. The number of alkyl halides is 3. The summed E-state index contributed by atoms with van der Waals surface area (Å²) in [5, 5.41) is 17.8. The third-order valence-electron chi connectivity index (χ3n) is 6.92. The number of thiazole rings is 1. The number of hydrogen-bond donors (Lipinski definition) is 6. The Hall–Kier alpha value is -4.58. The number of oxime groups is 1. The number of aliphatic imine (C=N–C) groups is 1. The number of aromatic nitrogens is 1. The Bertz CT molecular complexity index is 1730. The van der Waals surface area contributed by atoms with E-state index in [4.69, 9.17) is 25.6 Å². The van der Waals surface area contributed by atoms with Crippen molar-refractivity contribution < 1.29 is 59.5 Å². The van der Waals surface area contributed by atoms with E-state index in [-0.39, 0.29) is 34.0 Å². The van der Waals surface area contributed by atoms with Gasteiger partial charge in [0.2, 0.25) is 0 Å². The number of nitrogen functional groups attached to an aromatic ring is 1. The van der Waals surface area contributed by atoms with Gasteiger partial charge in [-0.25, -0.2) is 9.78 Å². The number of anilines is 1. The number of carbonyl (C=O) groups is 3. The summed E-state index contributed by atoms with van der Waals surface area (Å²) in [7, 11) is -5.16. The average molecular weight is 723 g/mol. The molecule has 3 heterocycles. The molecule has 1 aromatic heterocycles. The number of hydrogen-bond acceptors (Lipinski definition) is 14. The fourth-order valence-corrected chi connectivity index (χ4v) is 5.63. The molecule has 2 fully saturated rings. The number of halogens is 3. The van der Waals surface area contributed by atoms with Gasteiger partial charge in [-0.1, -0.05) is 16.5 Å². The summed E-state index contributed by atoms with van der Waals surface area (Å²) in [4.78, 5) is 49.1. The highest BCUT2D eigenvalue weighted by Gasteiger charge is 2.58. The van der Waals surface area contributed by atoms with Gasteiger partial charge in [-0.15, -0.1) is 4.28 Å². The molecule has 0 saturated carbocycles. The summed E-state index contributed by atoms with van der Waals surface area (Å²) < 4.78 is 82.2. The largest absolute Gasteiger partial charge is 0.489 e. The number of carboxylic acids is 1. The number of aliphatic carboxylic acids is 1. The maximum Gasteiger partial charge on any atom is 0.427 e. The second kappa shape index (κ2) is 13.9. The molecule has 0 spiro atoms. The van der Waals surface area contributed by atoms with Crippen LogP contribution in [0.3, 0.4) is 0 Å². The van der Waals surface area contributed by atoms with Crippen molar-refractivity contribution in [3.05, 3.63) is 40.4 Å². The first-order valence-corrected chi connectivity index (χ1v) is 15.9. The summed E-state index contributed by atoms with van der Waals surface area (Å²) in [6.07, 6.45) is -6.26. The van der Waals surface area contributed by atoms with Crippen LogP contribution in [0.2, 0.25) is 0 Å². The molecule has 2 amide bonds. The van der Waals surface area contributed by atoms with Crippen LogP contribution >= 0.6 is 11.3 Å². The minimum absolute atomic E-state index is 0.0318. The summed E-state index contributed by atoms with van der Waals surface area (Å²) in [6, 6.07) is 4.48. The molecule has 2 aromatic rings. The van der Waals surface area contributed by atoms with Crippen LogP contribution in [0.1, 0.15) is 36.4 Å². The van der Waals surface area contributed by atoms with Gasteiger partial charge in [-0.05, 0) is 51.1 Å². The molecule has 2 saturated heterocycles. The zero-order valence-electron chi connectivity index (χ0n) is 24.9. The molecule has 0 radical (unpaired) electrons. The predicted octanol–water partition coefficient (Wildman–Crippen LogP) is -0.0958. The normalized spacial score (nSPS) is 20.6. The first-order valence-electron chi connectivity index (χ1n) is 13.7. The van der Waals surface area contributed by atoms with Crippen molar-refractivity contribution in [3.63, 3.8) is 0 Å². The SMILES string of the molecule is CC1(C)[C@H](NC(=O)/C(=N\OC(COc2ccc(C(N)=N[C@H]3CCNC3)cc2)C(=O)O)c2nc(N)sc2C(F)(F)F)C(=O)N1OS(=O)(=O)O. The number of rotatable bonds is 13. The number of nitrogens with zero attached hydrogens (tertiary/aromatic N) is 4. The van der Waals surface area contributed by atoms with Gasteiger partial charge >= 0.3 is 22.5 Å². The molecule has 23 heteroatoms. The van der Waals surface area contributed by atoms with E-state index in [2.05, 4.69) is 30.0 Å². The monoisotopic (exact) mass is 722 g/mol. The molecule has 1 aromatic carbocycles. The third-order valence-corrected chi connectivity index (χ3v) is 8.18. The lowest BCUT2D eigenvalue weighted by molar-refractivity contribution is -0.218. The first kappa shape index (κ1) is 36.3. The van der Waals surface area contributed by atoms with Gasteiger partial charge in [-0.3, -0.25) is 19.1 Å². The van der Waals surface area contributed by atoms with Gasteiger partial charge < -0.3 is 36.8 Å². The van der Waals surface area contributed by atoms with Crippen LogP contribution in [0.4, 0.5) is 18.3 Å². The first-order chi connectivity index (χ1) is 22.3. The van der Waals surface area contributed by atoms with Gasteiger partial charge in [0.25, 0.3) is 17.9 Å². The quantitative estimate of drug-likeness (QED) is 0.0519. The van der Waals surface area contributed by atoms with Gasteiger partial charge in [0.1, 0.15) is 34.8 Å². The van der Waals surface area contributed by atoms with Gasteiger partial charge in [-0.2, -0.15) is 26.7 Å². The summed E-state index contributed by atoms with van der Waals surface area (Å²) in [5.41, 5.74) is 8.06. The number of nitrogens with two attached hydrogens (primary N) is 2. The Labute approximate surface area is 273 Å². The van der Waals surface area contributed by atoms with Crippen molar-refractivity contribution >= 4 is 56.2 Å². The molecule has 8 N–H and O–H groups in total. The maximum absolute atomic E-state index is 13.8. The van der Waals surface area contributed by atoms with Crippen LogP contribution in [-0.4, -0.2) is 101 Å². The summed E-state index contributed by atoms with van der Waals surface area (Å²) >= 11 is -0.0533. The Kier molecular flexibility index (Phi) is 10.5. The molecular formula is C25H29F3N8O10S2. The highest BCUT2D eigenvalue weighted by molar-refractivity contribution is 7.80. The number of carboxylic acid groups (broad SMARTS) is 1. The van der Waals surface area contributed by atoms with Crippen molar-refractivity contribution in [3.8, 4) is 5.75 Å². The molecule has 2 aliphatic rings. The van der Waals surface area contributed by atoms with Crippen LogP contribution < -0.4 is 26.8 Å². The van der Waals surface area contributed by atoms with Crippen LogP contribution in [-0.2, 0) is 40.1 Å². The van der Waals surface area contributed by atoms with Gasteiger partial charge in [0.15, 0.2) is 10.8 Å². The second-order valence-corrected chi connectivity index (χ2v) is 12.8. The fraction of sp³-hybridized carbons (Fsp3) is 0.440. The Morgan fingerprint density at radius 1 is 1.29 bits per heavy atom. The molecule has 2 aliphatic heterocycles. The van der Waals surface area contributed by atoms with E-state index in [9.17, 15) is 41.1 Å². The minimum Gasteiger partial charge on any atom is -0.489 e.